The number of ether oxygens (including phenoxy) is 1. The lowest BCUT2D eigenvalue weighted by Crippen LogP contribution is -2.35. The average molecular weight is 384 g/mol. The van der Waals surface area contributed by atoms with Crippen LogP contribution in [0, 0.1) is 6.92 Å². The second-order valence-corrected chi connectivity index (χ2v) is 7.10. The molecule has 3 aromatic carbocycles. The molecule has 1 amide bonds. The van der Waals surface area contributed by atoms with Crippen LogP contribution in [0.5, 0.6) is 5.75 Å². The minimum Gasteiger partial charge on any atom is -0.482 e. The van der Waals surface area contributed by atoms with Gasteiger partial charge in [0.2, 0.25) is 5.88 Å². The molecule has 144 valence electrons. The molecule has 4 aromatic rings. The van der Waals surface area contributed by atoms with E-state index in [1.807, 2.05) is 79.7 Å². The molecule has 5 rings (SSSR count). The Morgan fingerprint density at radius 1 is 1.00 bits per heavy atom. The van der Waals surface area contributed by atoms with Crippen LogP contribution in [0.2, 0.25) is 0 Å². The van der Waals surface area contributed by atoms with Gasteiger partial charge in [-0.25, -0.2) is 0 Å². The molecule has 0 spiro atoms. The Morgan fingerprint density at radius 3 is 2.66 bits per heavy atom. The Balaban J connectivity index is 1.63. The number of carbonyl (C=O) groups is 1. The number of hydrogen-bond donors (Lipinski definition) is 1. The minimum atomic E-state index is -0.129. The molecule has 0 bridgehead atoms. The summed E-state index contributed by atoms with van der Waals surface area (Å²) in [7, 11) is 0. The highest BCUT2D eigenvalue weighted by molar-refractivity contribution is 6.13. The minimum absolute atomic E-state index is 0.00587. The van der Waals surface area contributed by atoms with Gasteiger partial charge in [0.1, 0.15) is 17.0 Å². The van der Waals surface area contributed by atoms with Crippen molar-refractivity contribution in [3.8, 4) is 5.75 Å². The predicted octanol–water partition coefficient (Wildman–Crippen LogP) is 5.41. The average Bonchev–Trinajstić information content (AvgIpc) is 3.11. The largest absolute Gasteiger partial charge is 0.482 e. The lowest BCUT2D eigenvalue weighted by molar-refractivity contribution is -0.120. The van der Waals surface area contributed by atoms with Crippen molar-refractivity contribution in [2.24, 2.45) is 0 Å². The summed E-state index contributed by atoms with van der Waals surface area (Å²) in [5.74, 6) is 1.14. The topological polar surface area (TPSA) is 54.7 Å². The Bertz CT molecular complexity index is 1200. The van der Waals surface area contributed by atoms with Gasteiger partial charge >= 0.3 is 0 Å². The van der Waals surface area contributed by atoms with E-state index in [9.17, 15) is 4.79 Å². The van der Waals surface area contributed by atoms with Gasteiger partial charge < -0.3 is 14.5 Å². The molecule has 1 aromatic heterocycles. The van der Waals surface area contributed by atoms with Gasteiger partial charge in [0, 0.05) is 11.9 Å². The van der Waals surface area contributed by atoms with Crippen LogP contribution in [-0.2, 0) is 11.3 Å². The third-order valence-electron chi connectivity index (χ3n) is 5.05. The highest BCUT2D eigenvalue weighted by Crippen LogP contribution is 2.45. The number of aryl methyl sites for hydroxylation is 1. The van der Waals surface area contributed by atoms with Gasteiger partial charge in [-0.05, 0) is 42.3 Å². The number of nitrogens with zero attached hydrogens (tertiary/aromatic N) is 1. The van der Waals surface area contributed by atoms with Crippen molar-refractivity contribution < 1.29 is 13.9 Å². The maximum Gasteiger partial charge on any atom is 0.269 e. The van der Waals surface area contributed by atoms with Crippen LogP contribution < -0.4 is 15.0 Å². The number of furan rings is 1. The highest BCUT2D eigenvalue weighted by atomic mass is 16.5. The Hall–Kier alpha value is -3.73. The predicted molar refractivity (Wildman–Crippen MR) is 114 cm³/mol. The first kappa shape index (κ1) is 17.4. The van der Waals surface area contributed by atoms with Crippen molar-refractivity contribution in [1.82, 2.24) is 0 Å². The number of fused-ring (bicyclic) bond motifs is 2. The molecule has 5 heteroatoms. The SMILES string of the molecule is Cc1ccc2c(c1)OCC(=O)N2c1c(NCc2ccccc2)oc2ccccc12. The normalized spacial score (nSPS) is 13.3. The number of anilines is 3. The fourth-order valence-electron chi connectivity index (χ4n) is 3.66. The van der Waals surface area contributed by atoms with Gasteiger partial charge in [-0.15, -0.1) is 0 Å². The first-order chi connectivity index (χ1) is 14.2. The van der Waals surface area contributed by atoms with Crippen LogP contribution in [-0.4, -0.2) is 12.5 Å². The molecular formula is C24H20N2O3. The summed E-state index contributed by atoms with van der Waals surface area (Å²) in [5.41, 5.74) is 4.38. The van der Waals surface area contributed by atoms with E-state index in [0.717, 1.165) is 33.5 Å². The fraction of sp³-hybridized carbons (Fsp3) is 0.125. The smallest absolute Gasteiger partial charge is 0.269 e. The second-order valence-electron chi connectivity index (χ2n) is 7.10. The Kier molecular flexibility index (Phi) is 4.21. The fourth-order valence-corrected chi connectivity index (χ4v) is 3.66. The molecule has 0 radical (unpaired) electrons. The number of amides is 1. The number of rotatable bonds is 4. The van der Waals surface area contributed by atoms with E-state index in [1.54, 1.807) is 4.90 Å². The zero-order valence-corrected chi connectivity index (χ0v) is 16.0. The Labute approximate surface area is 168 Å². The summed E-state index contributed by atoms with van der Waals surface area (Å²) >= 11 is 0. The van der Waals surface area contributed by atoms with Crippen LogP contribution >= 0.6 is 0 Å². The molecule has 0 atom stereocenters. The van der Waals surface area contributed by atoms with E-state index in [0.29, 0.717) is 18.2 Å². The summed E-state index contributed by atoms with van der Waals surface area (Å²) in [4.78, 5) is 14.6. The molecule has 0 saturated heterocycles. The van der Waals surface area contributed by atoms with Crippen molar-refractivity contribution in [2.75, 3.05) is 16.8 Å². The Morgan fingerprint density at radius 2 is 1.79 bits per heavy atom. The lowest BCUT2D eigenvalue weighted by atomic mass is 10.1. The van der Waals surface area contributed by atoms with E-state index >= 15 is 0 Å². The maximum atomic E-state index is 12.9. The molecule has 0 aliphatic carbocycles. The highest BCUT2D eigenvalue weighted by Gasteiger charge is 2.32. The first-order valence-electron chi connectivity index (χ1n) is 9.56. The zero-order valence-electron chi connectivity index (χ0n) is 16.0. The molecule has 5 nitrogen and oxygen atoms in total. The third-order valence-corrected chi connectivity index (χ3v) is 5.05. The van der Waals surface area contributed by atoms with E-state index in [-0.39, 0.29) is 12.5 Å². The zero-order chi connectivity index (χ0) is 19.8. The molecule has 1 aliphatic heterocycles. The molecule has 0 unspecified atom stereocenters. The summed E-state index contributed by atoms with van der Waals surface area (Å²) in [6, 6.07) is 23.7. The standard InChI is InChI=1S/C24H20N2O3/c1-16-11-12-19-21(13-16)28-15-22(27)26(19)23-18-9-5-6-10-20(18)29-24(23)25-14-17-7-3-2-4-8-17/h2-13,25H,14-15H2,1H3. The molecule has 1 aliphatic rings. The van der Waals surface area contributed by atoms with Crippen molar-refractivity contribution in [3.05, 3.63) is 83.9 Å². The van der Waals surface area contributed by atoms with Gasteiger partial charge in [-0.3, -0.25) is 9.69 Å². The summed E-state index contributed by atoms with van der Waals surface area (Å²) in [6.45, 7) is 2.59. The van der Waals surface area contributed by atoms with Gasteiger partial charge in [0.15, 0.2) is 6.61 Å². The van der Waals surface area contributed by atoms with Gasteiger partial charge in [0.25, 0.3) is 5.91 Å². The van der Waals surface area contributed by atoms with Gasteiger partial charge in [0.05, 0.1) is 5.69 Å². The first-order valence-corrected chi connectivity index (χ1v) is 9.56. The van der Waals surface area contributed by atoms with Crippen LogP contribution in [0.1, 0.15) is 11.1 Å². The quantitative estimate of drug-likeness (QED) is 0.511. The van der Waals surface area contributed by atoms with E-state index < -0.39 is 0 Å². The van der Waals surface area contributed by atoms with Crippen LogP contribution in [0.3, 0.4) is 0 Å². The number of benzene rings is 3. The van der Waals surface area contributed by atoms with E-state index in [4.69, 9.17) is 9.15 Å². The number of hydrogen-bond acceptors (Lipinski definition) is 4. The van der Waals surface area contributed by atoms with Crippen molar-refractivity contribution >= 4 is 34.1 Å². The maximum absolute atomic E-state index is 12.9. The van der Waals surface area contributed by atoms with Gasteiger partial charge in [-0.2, -0.15) is 0 Å². The number of carbonyl (C=O) groups excluding carboxylic acids is 1. The number of nitrogens with one attached hydrogen (secondary N) is 1. The van der Waals surface area contributed by atoms with Crippen LogP contribution in [0.4, 0.5) is 17.3 Å². The molecular weight excluding hydrogens is 364 g/mol. The molecule has 0 fully saturated rings. The molecule has 0 saturated carbocycles. The van der Waals surface area contributed by atoms with Crippen LogP contribution in [0.25, 0.3) is 11.0 Å². The lowest BCUT2D eigenvalue weighted by Gasteiger charge is -2.29. The number of para-hydroxylation sites is 1. The van der Waals surface area contributed by atoms with Crippen molar-refractivity contribution in [3.63, 3.8) is 0 Å². The molecule has 29 heavy (non-hydrogen) atoms. The molecule has 2 heterocycles. The van der Waals surface area contributed by atoms with E-state index in [2.05, 4.69) is 5.32 Å². The van der Waals surface area contributed by atoms with Gasteiger partial charge in [-0.1, -0.05) is 48.5 Å². The second kappa shape index (κ2) is 7.02. The summed E-state index contributed by atoms with van der Waals surface area (Å²) in [5, 5.41) is 4.26. The van der Waals surface area contributed by atoms with Crippen molar-refractivity contribution in [2.45, 2.75) is 13.5 Å². The summed E-state index contributed by atoms with van der Waals surface area (Å²) in [6.07, 6.45) is 0. The molecule has 1 N–H and O–H groups in total. The summed E-state index contributed by atoms with van der Waals surface area (Å²) < 4.78 is 11.8. The van der Waals surface area contributed by atoms with Crippen LogP contribution in [0.15, 0.2) is 77.2 Å². The monoisotopic (exact) mass is 384 g/mol. The van der Waals surface area contributed by atoms with Crippen molar-refractivity contribution in [1.29, 1.82) is 0 Å². The van der Waals surface area contributed by atoms with E-state index in [1.165, 1.54) is 0 Å². The third kappa shape index (κ3) is 3.10.